The molecule has 5 nitrogen and oxygen atoms in total. The smallest absolute Gasteiger partial charge is 0.327 e. The van der Waals surface area contributed by atoms with E-state index in [-0.39, 0.29) is 8.69 Å². The molecule has 6 heteroatoms. The maximum Gasteiger partial charge on any atom is 0.327 e. The maximum atomic E-state index is 9.91. The van der Waals surface area contributed by atoms with Crippen molar-refractivity contribution in [3.8, 4) is 0 Å². The highest BCUT2D eigenvalue weighted by atomic mass is 31.1. The van der Waals surface area contributed by atoms with E-state index in [4.69, 9.17) is 0 Å². The van der Waals surface area contributed by atoms with Crippen LogP contribution >= 0.6 is 8.69 Å². The maximum absolute atomic E-state index is 9.91. The van der Waals surface area contributed by atoms with Crippen molar-refractivity contribution in [2.24, 2.45) is 0 Å². The second kappa shape index (κ2) is 10.4. The summed E-state index contributed by atoms with van der Waals surface area (Å²) in [5.41, 5.74) is 0.313. The minimum Gasteiger partial charge on any atom is -0.545 e. The molecule has 0 aliphatic heterocycles. The largest absolute Gasteiger partial charge is 0.545 e. The summed E-state index contributed by atoms with van der Waals surface area (Å²) < 4.78 is 15.2. The number of carboxylic acids is 1. The molecule has 0 N–H and O–H groups in total. The standard InChI is InChI=1S/C6H10O2.C5H13NO2P/c1-3-4-5(2)6(7)8;1-6(2,3)4-5-8-9-7/h4H,3H2,1-2H3,(H,7,8);4-5H2,1-3H3/q;+1/p-1. The third-order valence-electron chi connectivity index (χ3n) is 1.74. The number of nitrogens with zero attached hydrogens (tertiary/aromatic N) is 1. The monoisotopic (exact) mass is 263 g/mol. The van der Waals surface area contributed by atoms with Crippen LogP contribution in [0.1, 0.15) is 20.3 Å². The Labute approximate surface area is 105 Å². The summed E-state index contributed by atoms with van der Waals surface area (Å²) in [5, 5.41) is 9.91. The van der Waals surface area contributed by atoms with Crippen molar-refractivity contribution in [2.75, 3.05) is 34.3 Å². The van der Waals surface area contributed by atoms with E-state index in [0.29, 0.717) is 12.2 Å². The number of allylic oxidation sites excluding steroid dienone is 1. The zero-order valence-corrected chi connectivity index (χ0v) is 12.1. The number of rotatable bonds is 6. The van der Waals surface area contributed by atoms with Crippen molar-refractivity contribution in [1.29, 1.82) is 0 Å². The van der Waals surface area contributed by atoms with E-state index >= 15 is 0 Å². The SMILES string of the molecule is CCC=C(C)C(=O)[O-].C[N+](C)(C)CCOP=O. The molecule has 0 bridgehead atoms. The molecule has 0 aromatic carbocycles. The van der Waals surface area contributed by atoms with E-state index in [1.807, 2.05) is 6.92 Å². The van der Waals surface area contributed by atoms with Crippen molar-refractivity contribution in [3.63, 3.8) is 0 Å². The van der Waals surface area contributed by atoms with Crippen molar-refractivity contribution >= 4 is 14.7 Å². The summed E-state index contributed by atoms with van der Waals surface area (Å²) in [7, 11) is 5.96. The van der Waals surface area contributed by atoms with Gasteiger partial charge >= 0.3 is 8.69 Å². The molecular formula is C11H22NO4P. The topological polar surface area (TPSA) is 66.4 Å². The molecular weight excluding hydrogens is 241 g/mol. The van der Waals surface area contributed by atoms with Crippen LogP contribution in [0.3, 0.4) is 0 Å². The molecule has 0 aromatic heterocycles. The normalized spacial score (nSPS) is 11.9. The van der Waals surface area contributed by atoms with Gasteiger partial charge in [0, 0.05) is 0 Å². The summed E-state index contributed by atoms with van der Waals surface area (Å²) in [4.78, 5) is 9.91. The first-order chi connectivity index (χ1) is 7.74. The van der Waals surface area contributed by atoms with E-state index in [1.54, 1.807) is 6.08 Å². The number of quaternary nitrogens is 1. The first-order valence-electron chi connectivity index (χ1n) is 5.37. The Bertz CT molecular complexity index is 259. The van der Waals surface area contributed by atoms with Crippen LogP contribution in [0.2, 0.25) is 0 Å². The predicted octanol–water partition coefficient (Wildman–Crippen LogP) is 1.01. The number of carbonyl (C=O) groups is 1. The van der Waals surface area contributed by atoms with Gasteiger partial charge in [-0.1, -0.05) is 13.0 Å². The zero-order chi connectivity index (χ0) is 13.9. The lowest BCUT2D eigenvalue weighted by atomic mass is 10.2. The van der Waals surface area contributed by atoms with E-state index in [0.717, 1.165) is 17.4 Å². The molecule has 0 amide bonds. The van der Waals surface area contributed by atoms with E-state index < -0.39 is 5.97 Å². The minimum absolute atomic E-state index is 0.217. The average molecular weight is 263 g/mol. The van der Waals surface area contributed by atoms with E-state index in [1.165, 1.54) is 6.92 Å². The lowest BCUT2D eigenvalue weighted by molar-refractivity contribution is -0.870. The summed E-state index contributed by atoms with van der Waals surface area (Å²) in [6.45, 7) is 4.84. The molecule has 100 valence electrons. The highest BCUT2D eigenvalue weighted by Gasteiger charge is 2.04. The number of hydrogen-bond donors (Lipinski definition) is 0. The van der Waals surface area contributed by atoms with Gasteiger partial charge in [-0.25, -0.2) is 4.57 Å². The molecule has 0 aromatic rings. The van der Waals surface area contributed by atoms with Gasteiger partial charge in [0.25, 0.3) is 0 Å². The van der Waals surface area contributed by atoms with Crippen LogP contribution in [0.25, 0.3) is 0 Å². The summed E-state index contributed by atoms with van der Waals surface area (Å²) in [6, 6.07) is 0. The number of carboxylic acid groups (broad SMARTS) is 1. The number of aliphatic carboxylic acids is 1. The molecule has 0 unspecified atom stereocenters. The molecule has 0 atom stereocenters. The minimum atomic E-state index is -1.08. The van der Waals surface area contributed by atoms with Gasteiger partial charge in [0.1, 0.15) is 13.2 Å². The van der Waals surface area contributed by atoms with Crippen LogP contribution in [0, 0.1) is 0 Å². The van der Waals surface area contributed by atoms with Gasteiger partial charge in [0.15, 0.2) is 0 Å². The van der Waals surface area contributed by atoms with E-state index in [9.17, 15) is 14.5 Å². The van der Waals surface area contributed by atoms with Gasteiger partial charge in [0.2, 0.25) is 0 Å². The molecule has 0 radical (unpaired) electrons. The Kier molecular flexibility index (Phi) is 11.4. The van der Waals surface area contributed by atoms with Crippen molar-refractivity contribution < 1.29 is 23.5 Å². The van der Waals surface area contributed by atoms with Crippen LogP contribution in [0.4, 0.5) is 0 Å². The Balaban J connectivity index is 0. The number of hydrogen-bond acceptors (Lipinski definition) is 4. The molecule has 0 saturated heterocycles. The second-order valence-electron chi connectivity index (χ2n) is 4.50. The third-order valence-corrected chi connectivity index (χ3v) is 2.03. The summed E-state index contributed by atoms with van der Waals surface area (Å²) >= 11 is 0. The fourth-order valence-corrected chi connectivity index (χ4v) is 0.898. The highest BCUT2D eigenvalue weighted by molar-refractivity contribution is 7.17. The Morgan fingerprint density at radius 3 is 2.18 bits per heavy atom. The second-order valence-corrected chi connectivity index (χ2v) is 4.91. The molecule has 0 saturated carbocycles. The van der Waals surface area contributed by atoms with Gasteiger partial charge in [-0.2, -0.15) is 0 Å². The summed E-state index contributed by atoms with van der Waals surface area (Å²) in [5.74, 6) is -1.08. The third kappa shape index (κ3) is 17.8. The highest BCUT2D eigenvalue weighted by Crippen LogP contribution is 1.96. The van der Waals surface area contributed by atoms with Crippen molar-refractivity contribution in [3.05, 3.63) is 11.6 Å². The fraction of sp³-hybridized carbons (Fsp3) is 0.727. The van der Waals surface area contributed by atoms with Gasteiger partial charge in [-0.3, -0.25) is 4.52 Å². The fourth-order valence-electron chi connectivity index (χ4n) is 0.741. The number of likely N-dealkylation sites (N-methyl/N-ethyl adjacent to an activating group) is 1. The van der Waals surface area contributed by atoms with Gasteiger partial charge < -0.3 is 14.4 Å². The van der Waals surface area contributed by atoms with Crippen LogP contribution in [0.15, 0.2) is 11.6 Å². The van der Waals surface area contributed by atoms with Gasteiger partial charge in [-0.15, -0.1) is 0 Å². The molecule has 17 heavy (non-hydrogen) atoms. The van der Waals surface area contributed by atoms with Gasteiger partial charge in [0.05, 0.1) is 27.1 Å². The van der Waals surface area contributed by atoms with Crippen LogP contribution in [-0.4, -0.2) is 44.7 Å². The van der Waals surface area contributed by atoms with Gasteiger partial charge in [-0.05, 0) is 18.9 Å². The molecule has 0 spiro atoms. The van der Waals surface area contributed by atoms with Crippen molar-refractivity contribution in [2.45, 2.75) is 20.3 Å². The van der Waals surface area contributed by atoms with Crippen LogP contribution in [0.5, 0.6) is 0 Å². The van der Waals surface area contributed by atoms with Crippen molar-refractivity contribution in [1.82, 2.24) is 0 Å². The molecule has 0 aliphatic rings. The lowest BCUT2D eigenvalue weighted by Gasteiger charge is -2.22. The molecule has 0 heterocycles. The molecule has 0 aliphatic carbocycles. The zero-order valence-electron chi connectivity index (χ0n) is 11.2. The Morgan fingerprint density at radius 1 is 1.41 bits per heavy atom. The number of carbonyl (C=O) groups excluding carboxylic acids is 1. The average Bonchev–Trinajstić information content (AvgIpc) is 2.17. The molecule has 0 rings (SSSR count). The Morgan fingerprint density at radius 2 is 1.94 bits per heavy atom. The van der Waals surface area contributed by atoms with E-state index in [2.05, 4.69) is 25.7 Å². The van der Waals surface area contributed by atoms with Crippen LogP contribution in [-0.2, 0) is 13.9 Å². The quantitative estimate of drug-likeness (QED) is 0.310. The first-order valence-corrected chi connectivity index (χ1v) is 6.10. The predicted molar refractivity (Wildman–Crippen MR) is 65.5 cm³/mol. The lowest BCUT2D eigenvalue weighted by Crippen LogP contribution is -2.37. The first kappa shape index (κ1) is 18.6. The molecule has 0 fully saturated rings. The summed E-state index contributed by atoms with van der Waals surface area (Å²) in [6.07, 6.45) is 2.37. The Hall–Kier alpha value is -0.770. The van der Waals surface area contributed by atoms with Crippen LogP contribution < -0.4 is 5.11 Å².